The average molecular weight is 237 g/mol. The van der Waals surface area contributed by atoms with E-state index in [1.807, 2.05) is 6.92 Å². The summed E-state index contributed by atoms with van der Waals surface area (Å²) in [5.41, 5.74) is 0.875. The lowest BCUT2D eigenvalue weighted by molar-refractivity contribution is -0.385. The third-order valence-electron chi connectivity index (χ3n) is 2.95. The van der Waals surface area contributed by atoms with E-state index in [2.05, 4.69) is 24.1 Å². The Labute approximate surface area is 101 Å². The maximum absolute atomic E-state index is 10.7. The molecule has 1 rings (SSSR count). The number of nitrogens with one attached hydrogen (secondary N) is 1. The highest BCUT2D eigenvalue weighted by Crippen LogP contribution is 2.22. The molecular formula is C12H19N3O2. The van der Waals surface area contributed by atoms with Crippen molar-refractivity contribution in [2.24, 2.45) is 0 Å². The van der Waals surface area contributed by atoms with Crippen LogP contribution >= 0.6 is 0 Å². The number of hydrogen-bond donors (Lipinski definition) is 1. The van der Waals surface area contributed by atoms with Crippen LogP contribution in [0.1, 0.15) is 38.8 Å². The van der Waals surface area contributed by atoms with Crippen molar-refractivity contribution in [3.8, 4) is 0 Å². The smallest absolute Gasteiger partial charge is 0.272 e. The van der Waals surface area contributed by atoms with Gasteiger partial charge in [0.2, 0.25) is 0 Å². The van der Waals surface area contributed by atoms with E-state index in [9.17, 15) is 10.1 Å². The monoisotopic (exact) mass is 237 g/mol. The van der Waals surface area contributed by atoms with Gasteiger partial charge in [0.25, 0.3) is 5.69 Å². The van der Waals surface area contributed by atoms with Crippen LogP contribution in [0.15, 0.2) is 18.3 Å². The summed E-state index contributed by atoms with van der Waals surface area (Å²) in [5.74, 6) is 0.167. The third-order valence-corrected chi connectivity index (χ3v) is 2.95. The van der Waals surface area contributed by atoms with Gasteiger partial charge in [0.15, 0.2) is 0 Å². The molecule has 0 aromatic carbocycles. The molecule has 5 heteroatoms. The number of nitrogens with zero attached hydrogens (tertiary/aromatic N) is 2. The second-order valence-electron chi connectivity index (χ2n) is 4.06. The zero-order valence-electron chi connectivity index (χ0n) is 10.5. The van der Waals surface area contributed by atoms with Crippen LogP contribution in [-0.4, -0.2) is 22.5 Å². The van der Waals surface area contributed by atoms with Gasteiger partial charge in [0.1, 0.15) is 0 Å². The summed E-state index contributed by atoms with van der Waals surface area (Å²) in [5, 5.41) is 14.1. The van der Waals surface area contributed by atoms with Crippen LogP contribution in [-0.2, 0) is 0 Å². The van der Waals surface area contributed by atoms with Gasteiger partial charge >= 0.3 is 0 Å². The van der Waals surface area contributed by atoms with Gasteiger partial charge in [-0.15, -0.1) is 0 Å². The maximum Gasteiger partial charge on any atom is 0.272 e. The largest absolute Gasteiger partial charge is 0.314 e. The molecule has 0 aliphatic carbocycles. The molecule has 94 valence electrons. The van der Waals surface area contributed by atoms with E-state index in [-0.39, 0.29) is 16.5 Å². The Kier molecular flexibility index (Phi) is 5.03. The summed E-state index contributed by atoms with van der Waals surface area (Å²) < 4.78 is 0. The van der Waals surface area contributed by atoms with Crippen molar-refractivity contribution in [2.75, 3.05) is 6.54 Å². The molecule has 17 heavy (non-hydrogen) atoms. The highest BCUT2D eigenvalue weighted by molar-refractivity contribution is 5.31. The number of rotatable bonds is 6. The molecular weight excluding hydrogens is 218 g/mol. The Morgan fingerprint density at radius 2 is 2.24 bits per heavy atom. The minimum Gasteiger partial charge on any atom is -0.314 e. The predicted octanol–water partition coefficient (Wildman–Crippen LogP) is 2.48. The molecule has 0 fully saturated rings. The second-order valence-corrected chi connectivity index (χ2v) is 4.06. The Bertz CT molecular complexity index is 382. The lowest BCUT2D eigenvalue weighted by Crippen LogP contribution is -2.33. The van der Waals surface area contributed by atoms with Crippen LogP contribution < -0.4 is 5.32 Å². The van der Waals surface area contributed by atoms with E-state index in [1.165, 1.54) is 12.3 Å². The van der Waals surface area contributed by atoms with Gasteiger partial charge in [-0.2, -0.15) is 0 Å². The minimum atomic E-state index is -0.383. The fourth-order valence-electron chi connectivity index (χ4n) is 1.94. The van der Waals surface area contributed by atoms with E-state index < -0.39 is 0 Å². The van der Waals surface area contributed by atoms with Crippen molar-refractivity contribution < 1.29 is 4.92 Å². The number of pyridine rings is 1. The average Bonchev–Trinajstić information content (AvgIpc) is 2.35. The number of likely N-dealkylation sites (N-methyl/N-ethyl adjacent to an activating group) is 1. The van der Waals surface area contributed by atoms with Gasteiger partial charge in [-0.05, 0) is 13.0 Å². The van der Waals surface area contributed by atoms with Crippen LogP contribution in [0.3, 0.4) is 0 Å². The van der Waals surface area contributed by atoms with Crippen molar-refractivity contribution in [1.82, 2.24) is 10.3 Å². The number of aromatic nitrogens is 1. The Morgan fingerprint density at radius 1 is 1.53 bits per heavy atom. The molecule has 0 bridgehead atoms. The standard InChI is InChI=1S/C12H19N3O2/c1-4-11(13-5-2)9(3)12-8-10(15(16)17)6-7-14-12/h6-9,11,13H,4-5H2,1-3H3. The van der Waals surface area contributed by atoms with E-state index >= 15 is 0 Å². The molecule has 2 unspecified atom stereocenters. The first kappa shape index (κ1) is 13.6. The van der Waals surface area contributed by atoms with Crippen LogP contribution in [0.4, 0.5) is 5.69 Å². The summed E-state index contributed by atoms with van der Waals surface area (Å²) in [7, 11) is 0. The predicted molar refractivity (Wildman–Crippen MR) is 67.1 cm³/mol. The zero-order valence-corrected chi connectivity index (χ0v) is 10.5. The van der Waals surface area contributed by atoms with Crippen molar-refractivity contribution in [3.63, 3.8) is 0 Å². The highest BCUT2D eigenvalue weighted by atomic mass is 16.6. The Morgan fingerprint density at radius 3 is 2.76 bits per heavy atom. The first-order valence-corrected chi connectivity index (χ1v) is 5.93. The molecule has 1 heterocycles. The molecule has 0 saturated carbocycles. The summed E-state index contributed by atoms with van der Waals surface area (Å²) >= 11 is 0. The Hall–Kier alpha value is -1.49. The minimum absolute atomic E-state index is 0.105. The molecule has 0 saturated heterocycles. The molecule has 5 nitrogen and oxygen atoms in total. The molecule has 0 spiro atoms. The molecule has 0 aliphatic rings. The summed E-state index contributed by atoms with van der Waals surface area (Å²) in [6, 6.07) is 3.28. The summed E-state index contributed by atoms with van der Waals surface area (Å²) in [4.78, 5) is 14.5. The van der Waals surface area contributed by atoms with Crippen molar-refractivity contribution in [1.29, 1.82) is 0 Å². The van der Waals surface area contributed by atoms with Crippen LogP contribution in [0.25, 0.3) is 0 Å². The second kappa shape index (κ2) is 6.30. The molecule has 0 amide bonds. The maximum atomic E-state index is 10.7. The van der Waals surface area contributed by atoms with E-state index in [0.717, 1.165) is 18.7 Å². The number of nitro groups is 1. The van der Waals surface area contributed by atoms with Gasteiger partial charge in [0, 0.05) is 30.3 Å². The molecule has 2 atom stereocenters. The van der Waals surface area contributed by atoms with E-state index in [0.29, 0.717) is 6.04 Å². The molecule has 0 radical (unpaired) electrons. The topological polar surface area (TPSA) is 68.1 Å². The van der Waals surface area contributed by atoms with Crippen LogP contribution in [0, 0.1) is 10.1 Å². The van der Waals surface area contributed by atoms with Crippen molar-refractivity contribution in [2.45, 2.75) is 39.2 Å². The van der Waals surface area contributed by atoms with Gasteiger partial charge in [-0.1, -0.05) is 20.8 Å². The normalized spacial score (nSPS) is 14.3. The van der Waals surface area contributed by atoms with Crippen molar-refractivity contribution >= 4 is 5.69 Å². The van der Waals surface area contributed by atoms with Gasteiger partial charge in [0.05, 0.1) is 10.6 Å². The molecule has 1 aromatic rings. The SMILES string of the molecule is CCNC(CC)C(C)c1cc([N+](=O)[O-])ccn1. The molecule has 0 aliphatic heterocycles. The van der Waals surface area contributed by atoms with E-state index in [4.69, 9.17) is 0 Å². The Balaban J connectivity index is 2.90. The first-order chi connectivity index (χ1) is 8.10. The number of hydrogen-bond acceptors (Lipinski definition) is 4. The summed E-state index contributed by atoms with van der Waals surface area (Å²) in [6.07, 6.45) is 2.47. The van der Waals surface area contributed by atoms with Gasteiger partial charge in [-0.3, -0.25) is 15.1 Å². The highest BCUT2D eigenvalue weighted by Gasteiger charge is 2.19. The lowest BCUT2D eigenvalue weighted by atomic mass is 9.95. The zero-order chi connectivity index (χ0) is 12.8. The van der Waals surface area contributed by atoms with Crippen LogP contribution in [0.5, 0.6) is 0 Å². The van der Waals surface area contributed by atoms with Crippen molar-refractivity contribution in [3.05, 3.63) is 34.1 Å². The first-order valence-electron chi connectivity index (χ1n) is 5.93. The summed E-state index contributed by atoms with van der Waals surface area (Å²) in [6.45, 7) is 7.08. The fraction of sp³-hybridized carbons (Fsp3) is 0.583. The fourth-order valence-corrected chi connectivity index (χ4v) is 1.94. The van der Waals surface area contributed by atoms with E-state index in [1.54, 1.807) is 6.07 Å². The van der Waals surface area contributed by atoms with Crippen LogP contribution in [0.2, 0.25) is 0 Å². The van der Waals surface area contributed by atoms with Gasteiger partial charge < -0.3 is 5.32 Å². The lowest BCUT2D eigenvalue weighted by Gasteiger charge is -2.22. The van der Waals surface area contributed by atoms with Gasteiger partial charge in [-0.25, -0.2) is 0 Å². The molecule has 1 aromatic heterocycles. The third kappa shape index (κ3) is 3.49. The quantitative estimate of drug-likeness (QED) is 0.609. The molecule has 1 N–H and O–H groups in total.